The van der Waals surface area contributed by atoms with Crippen molar-refractivity contribution >= 4 is 22.9 Å². The van der Waals surface area contributed by atoms with Crippen LogP contribution in [0.15, 0.2) is 29.6 Å². The molecule has 3 N–H and O–H groups in total. The molecule has 1 unspecified atom stereocenters. The number of carbonyl (C=O) groups excluding carboxylic acids is 1. The molecule has 24 heavy (non-hydrogen) atoms. The molecular weight excluding hydrogens is 324 g/mol. The van der Waals surface area contributed by atoms with E-state index in [2.05, 4.69) is 21.3 Å². The van der Waals surface area contributed by atoms with E-state index in [9.17, 15) is 4.79 Å². The van der Waals surface area contributed by atoms with Gasteiger partial charge in [-0.25, -0.2) is 4.98 Å². The average molecular weight is 346 g/mol. The third kappa shape index (κ3) is 3.85. The van der Waals surface area contributed by atoms with Gasteiger partial charge in [-0.05, 0) is 24.5 Å². The fourth-order valence-corrected chi connectivity index (χ4v) is 3.53. The van der Waals surface area contributed by atoms with E-state index < -0.39 is 0 Å². The van der Waals surface area contributed by atoms with Crippen LogP contribution in [0.5, 0.6) is 5.75 Å². The number of methoxy groups -OCH3 is 1. The number of nitrogens with two attached hydrogens (primary N) is 1. The fraction of sp³-hybridized carbons (Fsp3) is 0.412. The number of carbonyl (C=O) groups is 1. The topological polar surface area (TPSA) is 80.5 Å². The lowest BCUT2D eigenvalue weighted by Gasteiger charge is -2.19. The number of amides is 1. The molecule has 6 nitrogen and oxygen atoms in total. The Hall–Kier alpha value is -2.12. The molecule has 1 fully saturated rings. The minimum absolute atomic E-state index is 0.120. The van der Waals surface area contributed by atoms with Crippen molar-refractivity contribution in [2.24, 2.45) is 11.7 Å². The molecule has 2 aromatic rings. The van der Waals surface area contributed by atoms with Crippen LogP contribution in [-0.2, 0) is 6.54 Å². The first-order chi connectivity index (χ1) is 11.7. The van der Waals surface area contributed by atoms with Gasteiger partial charge in [0.2, 0.25) is 0 Å². The fourth-order valence-electron chi connectivity index (χ4n) is 2.88. The normalized spacial score (nSPS) is 17.1. The monoisotopic (exact) mass is 346 g/mol. The van der Waals surface area contributed by atoms with Crippen LogP contribution in [0.25, 0.3) is 0 Å². The Balaban J connectivity index is 1.51. The smallest absolute Gasteiger partial charge is 0.270 e. The molecule has 1 atom stereocenters. The zero-order chi connectivity index (χ0) is 16.9. The highest BCUT2D eigenvalue weighted by atomic mass is 32.1. The number of hydrogen-bond donors (Lipinski definition) is 2. The molecule has 1 aliphatic rings. The molecule has 1 aromatic carbocycles. The van der Waals surface area contributed by atoms with E-state index in [1.165, 1.54) is 11.3 Å². The van der Waals surface area contributed by atoms with Crippen LogP contribution < -0.4 is 20.7 Å². The highest BCUT2D eigenvalue weighted by Gasteiger charge is 2.23. The van der Waals surface area contributed by atoms with Crippen LogP contribution in [0.3, 0.4) is 0 Å². The van der Waals surface area contributed by atoms with Gasteiger partial charge in [-0.3, -0.25) is 4.79 Å². The molecule has 0 aliphatic carbocycles. The van der Waals surface area contributed by atoms with Gasteiger partial charge in [0.1, 0.15) is 16.5 Å². The van der Waals surface area contributed by atoms with E-state index in [4.69, 9.17) is 10.5 Å². The predicted octanol–water partition coefficient (Wildman–Crippen LogP) is 1.87. The number of benzene rings is 1. The predicted molar refractivity (Wildman–Crippen MR) is 95.7 cm³/mol. The van der Waals surface area contributed by atoms with Crippen molar-refractivity contribution in [2.75, 3.05) is 31.6 Å². The second-order valence-corrected chi connectivity index (χ2v) is 6.79. The Bertz CT molecular complexity index is 703. The summed E-state index contributed by atoms with van der Waals surface area (Å²) in [6.45, 7) is 2.95. The molecule has 3 rings (SSSR count). The SMILES string of the molecule is COc1cccc(N2CCC(CNC(=O)c3csc(CN)n3)C2)c1. The van der Waals surface area contributed by atoms with Gasteiger partial charge in [0, 0.05) is 43.3 Å². The van der Waals surface area contributed by atoms with Crippen LogP contribution in [0.4, 0.5) is 5.69 Å². The molecule has 7 heteroatoms. The molecule has 2 heterocycles. The molecule has 1 saturated heterocycles. The first-order valence-electron chi connectivity index (χ1n) is 8.01. The van der Waals surface area contributed by atoms with E-state index in [0.29, 0.717) is 24.7 Å². The van der Waals surface area contributed by atoms with E-state index >= 15 is 0 Å². The van der Waals surface area contributed by atoms with E-state index in [1.807, 2.05) is 18.2 Å². The third-order valence-electron chi connectivity index (χ3n) is 4.21. The molecule has 0 bridgehead atoms. The van der Waals surface area contributed by atoms with Gasteiger partial charge in [0.25, 0.3) is 5.91 Å². The lowest BCUT2D eigenvalue weighted by molar-refractivity contribution is 0.0944. The summed E-state index contributed by atoms with van der Waals surface area (Å²) in [5.74, 6) is 1.18. The Morgan fingerprint density at radius 2 is 2.42 bits per heavy atom. The van der Waals surface area contributed by atoms with E-state index in [-0.39, 0.29) is 5.91 Å². The number of thiazole rings is 1. The quantitative estimate of drug-likeness (QED) is 0.835. The lowest BCUT2D eigenvalue weighted by atomic mass is 10.1. The van der Waals surface area contributed by atoms with Crippen LogP contribution in [0.1, 0.15) is 21.9 Å². The summed E-state index contributed by atoms with van der Waals surface area (Å²) in [6, 6.07) is 8.08. The van der Waals surface area contributed by atoms with Gasteiger partial charge in [-0.15, -0.1) is 11.3 Å². The standard InChI is InChI=1S/C17H22N4O2S/c1-23-14-4-2-3-13(7-14)21-6-5-12(10-21)9-19-17(22)15-11-24-16(8-18)20-15/h2-4,7,11-12H,5-6,8-10,18H2,1H3,(H,19,22). The molecule has 1 amide bonds. The van der Waals surface area contributed by atoms with Crippen molar-refractivity contribution in [1.82, 2.24) is 10.3 Å². The number of hydrogen-bond acceptors (Lipinski definition) is 6. The molecule has 0 radical (unpaired) electrons. The second-order valence-electron chi connectivity index (χ2n) is 5.84. The average Bonchev–Trinajstić information content (AvgIpc) is 3.29. The van der Waals surface area contributed by atoms with Crippen LogP contribution in [0.2, 0.25) is 0 Å². The van der Waals surface area contributed by atoms with Crippen LogP contribution in [0, 0.1) is 5.92 Å². The third-order valence-corrected chi connectivity index (χ3v) is 5.09. The van der Waals surface area contributed by atoms with E-state index in [1.54, 1.807) is 12.5 Å². The Kier molecular flexibility index (Phi) is 5.32. The van der Waals surface area contributed by atoms with Crippen molar-refractivity contribution < 1.29 is 9.53 Å². The number of nitrogens with one attached hydrogen (secondary N) is 1. The molecule has 1 aliphatic heterocycles. The lowest BCUT2D eigenvalue weighted by Crippen LogP contribution is -2.31. The summed E-state index contributed by atoms with van der Waals surface area (Å²) in [6.07, 6.45) is 1.06. The Morgan fingerprint density at radius 3 is 3.17 bits per heavy atom. The van der Waals surface area contributed by atoms with Gasteiger partial charge in [0.15, 0.2) is 0 Å². The Labute approximate surface area is 145 Å². The first-order valence-corrected chi connectivity index (χ1v) is 8.89. The van der Waals surface area contributed by atoms with Gasteiger partial charge in [-0.1, -0.05) is 6.07 Å². The first kappa shape index (κ1) is 16.7. The van der Waals surface area contributed by atoms with Gasteiger partial charge >= 0.3 is 0 Å². The van der Waals surface area contributed by atoms with Crippen LogP contribution >= 0.6 is 11.3 Å². The van der Waals surface area contributed by atoms with E-state index in [0.717, 1.165) is 36.0 Å². The van der Waals surface area contributed by atoms with Gasteiger partial charge < -0.3 is 20.7 Å². The summed E-state index contributed by atoms with van der Waals surface area (Å²) in [4.78, 5) is 18.7. The van der Waals surface area contributed by atoms with Crippen molar-refractivity contribution in [3.63, 3.8) is 0 Å². The maximum absolute atomic E-state index is 12.1. The molecule has 1 aromatic heterocycles. The summed E-state index contributed by atoms with van der Waals surface area (Å²) in [5.41, 5.74) is 7.15. The number of aromatic nitrogens is 1. The number of nitrogens with zero attached hydrogens (tertiary/aromatic N) is 2. The Morgan fingerprint density at radius 1 is 1.54 bits per heavy atom. The van der Waals surface area contributed by atoms with Crippen molar-refractivity contribution in [1.29, 1.82) is 0 Å². The van der Waals surface area contributed by atoms with Gasteiger partial charge in [0.05, 0.1) is 7.11 Å². The van der Waals surface area contributed by atoms with Crippen molar-refractivity contribution in [3.05, 3.63) is 40.3 Å². The maximum atomic E-state index is 12.1. The number of ether oxygens (including phenoxy) is 1. The number of rotatable bonds is 6. The minimum Gasteiger partial charge on any atom is -0.497 e. The summed E-state index contributed by atoms with van der Waals surface area (Å²) >= 11 is 1.42. The zero-order valence-corrected chi connectivity index (χ0v) is 14.5. The second kappa shape index (κ2) is 7.63. The summed E-state index contributed by atoms with van der Waals surface area (Å²) in [7, 11) is 1.68. The van der Waals surface area contributed by atoms with Crippen molar-refractivity contribution in [2.45, 2.75) is 13.0 Å². The van der Waals surface area contributed by atoms with Crippen molar-refractivity contribution in [3.8, 4) is 5.75 Å². The highest BCUT2D eigenvalue weighted by Crippen LogP contribution is 2.26. The van der Waals surface area contributed by atoms with Crippen LogP contribution in [-0.4, -0.2) is 37.6 Å². The molecule has 128 valence electrons. The minimum atomic E-state index is -0.120. The number of anilines is 1. The zero-order valence-electron chi connectivity index (χ0n) is 13.7. The summed E-state index contributed by atoms with van der Waals surface area (Å²) < 4.78 is 5.28. The highest BCUT2D eigenvalue weighted by molar-refractivity contribution is 7.09. The van der Waals surface area contributed by atoms with Gasteiger partial charge in [-0.2, -0.15) is 0 Å². The maximum Gasteiger partial charge on any atom is 0.270 e. The molecule has 0 spiro atoms. The molecular formula is C17H22N4O2S. The molecule has 0 saturated carbocycles. The summed E-state index contributed by atoms with van der Waals surface area (Å²) in [5, 5.41) is 5.53. The largest absolute Gasteiger partial charge is 0.497 e.